The molecule has 0 bridgehead atoms. The first-order valence-electron chi connectivity index (χ1n) is 7.74. The van der Waals surface area contributed by atoms with Crippen molar-refractivity contribution >= 4 is 5.97 Å². The molecule has 0 aliphatic carbocycles. The van der Waals surface area contributed by atoms with Crippen LogP contribution in [0.3, 0.4) is 0 Å². The number of pyridine rings is 1. The number of aliphatic carboxylic acids is 1. The zero-order valence-electron chi connectivity index (χ0n) is 13.7. The fourth-order valence-electron chi connectivity index (χ4n) is 2.50. The fourth-order valence-corrected chi connectivity index (χ4v) is 2.50. The molecule has 0 amide bonds. The van der Waals surface area contributed by atoms with Crippen molar-refractivity contribution < 1.29 is 15.0 Å². The summed E-state index contributed by atoms with van der Waals surface area (Å²) in [6.07, 6.45) is 1.95. The highest BCUT2D eigenvalue weighted by atomic mass is 16.4. The first-order chi connectivity index (χ1) is 10.3. The molecule has 0 saturated carbocycles. The highest BCUT2D eigenvalue weighted by Gasteiger charge is 2.27. The van der Waals surface area contributed by atoms with Crippen molar-refractivity contribution in [1.29, 1.82) is 0 Å². The van der Waals surface area contributed by atoms with Crippen molar-refractivity contribution in [3.05, 3.63) is 28.2 Å². The van der Waals surface area contributed by atoms with Gasteiger partial charge in [0, 0.05) is 18.3 Å². The second-order valence-electron chi connectivity index (χ2n) is 5.55. The lowest BCUT2D eigenvalue weighted by molar-refractivity contribution is -0.142. The largest absolute Gasteiger partial charge is 0.503 e. The normalized spacial score (nSPS) is 14.0. The molecule has 2 N–H and O–H groups in total. The van der Waals surface area contributed by atoms with Crippen LogP contribution in [0.15, 0.2) is 17.1 Å². The summed E-state index contributed by atoms with van der Waals surface area (Å²) in [6, 6.07) is 0.536. The third-order valence-corrected chi connectivity index (χ3v) is 4.16. The lowest BCUT2D eigenvalue weighted by Crippen LogP contribution is -2.32. The van der Waals surface area contributed by atoms with E-state index in [0.29, 0.717) is 18.7 Å². The molecule has 1 rings (SSSR count). The van der Waals surface area contributed by atoms with E-state index in [2.05, 4.69) is 4.90 Å². The highest BCUT2D eigenvalue weighted by molar-refractivity contribution is 5.72. The first kappa shape index (κ1) is 18.2. The standard InChI is InChI=1S/C16H26N2O4/c1-5-11(4)15(16(21)22)18-10-14(20)13(19)8-12(18)9-17(6-2)7-3/h8,10-11,15,20H,5-7,9H2,1-4H3,(H,21,22). The van der Waals surface area contributed by atoms with Gasteiger partial charge >= 0.3 is 5.97 Å². The third kappa shape index (κ3) is 4.10. The van der Waals surface area contributed by atoms with E-state index < -0.39 is 23.2 Å². The number of aromatic hydroxyl groups is 1. The Morgan fingerprint density at radius 3 is 2.36 bits per heavy atom. The Balaban J connectivity index is 3.39. The van der Waals surface area contributed by atoms with Gasteiger partial charge in [-0.15, -0.1) is 0 Å². The van der Waals surface area contributed by atoms with Crippen LogP contribution in [-0.4, -0.2) is 38.7 Å². The molecule has 0 saturated heterocycles. The minimum atomic E-state index is -0.960. The molecule has 0 radical (unpaired) electrons. The molecule has 0 fully saturated rings. The molecule has 1 aromatic heterocycles. The quantitative estimate of drug-likeness (QED) is 0.768. The molecule has 0 aromatic carbocycles. The Morgan fingerprint density at radius 2 is 1.91 bits per heavy atom. The van der Waals surface area contributed by atoms with Gasteiger partial charge in [-0.2, -0.15) is 0 Å². The molecule has 2 atom stereocenters. The van der Waals surface area contributed by atoms with Gasteiger partial charge in [-0.25, -0.2) is 4.79 Å². The summed E-state index contributed by atoms with van der Waals surface area (Å²) in [6.45, 7) is 9.87. The van der Waals surface area contributed by atoms with Gasteiger partial charge in [-0.1, -0.05) is 34.1 Å². The molecular weight excluding hydrogens is 284 g/mol. The summed E-state index contributed by atoms with van der Waals surface area (Å²) < 4.78 is 1.53. The van der Waals surface area contributed by atoms with Gasteiger partial charge in [0.2, 0.25) is 5.43 Å². The summed E-state index contributed by atoms with van der Waals surface area (Å²) in [4.78, 5) is 25.5. The Labute approximate surface area is 131 Å². The van der Waals surface area contributed by atoms with Gasteiger partial charge < -0.3 is 14.8 Å². The van der Waals surface area contributed by atoms with Gasteiger partial charge in [-0.05, 0) is 19.0 Å². The van der Waals surface area contributed by atoms with Crippen LogP contribution >= 0.6 is 0 Å². The summed E-state index contributed by atoms with van der Waals surface area (Å²) >= 11 is 0. The minimum Gasteiger partial charge on any atom is -0.503 e. The molecule has 1 aromatic rings. The predicted octanol–water partition coefficient (Wildman–Crippen LogP) is 2.07. The van der Waals surface area contributed by atoms with Crippen molar-refractivity contribution in [2.24, 2.45) is 5.92 Å². The Hall–Kier alpha value is -1.82. The van der Waals surface area contributed by atoms with Gasteiger partial charge in [0.15, 0.2) is 5.75 Å². The second kappa shape index (κ2) is 7.98. The van der Waals surface area contributed by atoms with Crippen molar-refractivity contribution in [1.82, 2.24) is 9.47 Å². The lowest BCUT2D eigenvalue weighted by Gasteiger charge is -2.27. The van der Waals surface area contributed by atoms with Crippen LogP contribution < -0.4 is 5.43 Å². The number of hydrogen-bond acceptors (Lipinski definition) is 4. The summed E-state index contributed by atoms with van der Waals surface area (Å²) in [5.41, 5.74) is 0.130. The summed E-state index contributed by atoms with van der Waals surface area (Å²) in [5.74, 6) is -1.49. The maximum absolute atomic E-state index is 11.8. The highest BCUT2D eigenvalue weighted by Crippen LogP contribution is 2.24. The van der Waals surface area contributed by atoms with Crippen LogP contribution in [-0.2, 0) is 11.3 Å². The molecule has 0 aliphatic rings. The van der Waals surface area contributed by atoms with E-state index in [1.54, 1.807) is 0 Å². The van der Waals surface area contributed by atoms with Crippen molar-refractivity contribution in [3.63, 3.8) is 0 Å². The molecule has 22 heavy (non-hydrogen) atoms. The molecular formula is C16H26N2O4. The van der Waals surface area contributed by atoms with Gasteiger partial charge in [-0.3, -0.25) is 9.69 Å². The van der Waals surface area contributed by atoms with E-state index in [1.807, 2.05) is 27.7 Å². The van der Waals surface area contributed by atoms with Crippen molar-refractivity contribution in [2.75, 3.05) is 13.1 Å². The molecule has 2 unspecified atom stereocenters. The SMILES string of the molecule is CCC(C)C(C(=O)O)n1cc(O)c(=O)cc1CN(CC)CC. The number of hydrogen-bond donors (Lipinski definition) is 2. The van der Waals surface area contributed by atoms with E-state index in [0.717, 1.165) is 13.1 Å². The Bertz CT molecular complexity index is 564. The maximum atomic E-state index is 11.8. The molecule has 1 heterocycles. The average molecular weight is 310 g/mol. The minimum absolute atomic E-state index is 0.116. The van der Waals surface area contributed by atoms with Crippen LogP contribution in [0.5, 0.6) is 5.75 Å². The monoisotopic (exact) mass is 310 g/mol. The fraction of sp³-hybridized carbons (Fsp3) is 0.625. The van der Waals surface area contributed by atoms with E-state index in [-0.39, 0.29) is 5.92 Å². The Kier molecular flexibility index (Phi) is 6.61. The van der Waals surface area contributed by atoms with E-state index in [1.165, 1.54) is 16.8 Å². The number of carboxylic acid groups (broad SMARTS) is 1. The van der Waals surface area contributed by atoms with Crippen LogP contribution in [0.4, 0.5) is 0 Å². The van der Waals surface area contributed by atoms with Crippen molar-refractivity contribution in [2.45, 2.75) is 46.7 Å². The van der Waals surface area contributed by atoms with E-state index in [4.69, 9.17) is 0 Å². The molecule has 6 heteroatoms. The van der Waals surface area contributed by atoms with Gasteiger partial charge in [0.25, 0.3) is 0 Å². The lowest BCUT2D eigenvalue weighted by atomic mass is 9.98. The summed E-state index contributed by atoms with van der Waals surface area (Å²) in [7, 11) is 0. The number of carbonyl (C=O) groups is 1. The van der Waals surface area contributed by atoms with E-state index >= 15 is 0 Å². The average Bonchev–Trinajstić information content (AvgIpc) is 2.48. The molecule has 0 spiro atoms. The molecule has 124 valence electrons. The summed E-state index contributed by atoms with van der Waals surface area (Å²) in [5, 5.41) is 19.3. The molecule has 0 aliphatic heterocycles. The van der Waals surface area contributed by atoms with E-state index in [9.17, 15) is 19.8 Å². The number of aromatic nitrogens is 1. The maximum Gasteiger partial charge on any atom is 0.326 e. The number of rotatable bonds is 8. The van der Waals surface area contributed by atoms with Crippen LogP contribution in [0.1, 0.15) is 45.9 Å². The topological polar surface area (TPSA) is 82.8 Å². The van der Waals surface area contributed by atoms with Gasteiger partial charge in [0.1, 0.15) is 6.04 Å². The third-order valence-electron chi connectivity index (χ3n) is 4.16. The zero-order chi connectivity index (χ0) is 16.9. The number of nitrogens with zero attached hydrogens (tertiary/aromatic N) is 2. The first-order valence-corrected chi connectivity index (χ1v) is 7.74. The zero-order valence-corrected chi connectivity index (χ0v) is 13.7. The predicted molar refractivity (Wildman–Crippen MR) is 85.1 cm³/mol. The smallest absolute Gasteiger partial charge is 0.326 e. The second-order valence-corrected chi connectivity index (χ2v) is 5.55. The number of carboxylic acids is 1. The van der Waals surface area contributed by atoms with Crippen LogP contribution in [0.25, 0.3) is 0 Å². The van der Waals surface area contributed by atoms with Crippen molar-refractivity contribution in [3.8, 4) is 5.75 Å². The van der Waals surface area contributed by atoms with Crippen LogP contribution in [0, 0.1) is 5.92 Å². The van der Waals surface area contributed by atoms with Crippen LogP contribution in [0.2, 0.25) is 0 Å². The Morgan fingerprint density at radius 1 is 1.32 bits per heavy atom. The van der Waals surface area contributed by atoms with Gasteiger partial charge in [0.05, 0.1) is 6.20 Å². The molecule has 6 nitrogen and oxygen atoms in total.